The first-order valence-electron chi connectivity index (χ1n) is 6.78. The van der Waals surface area contributed by atoms with Gasteiger partial charge >= 0.3 is 126 Å². The quantitative estimate of drug-likeness (QED) is 0.849. The van der Waals surface area contributed by atoms with E-state index in [0.29, 0.717) is 25.9 Å². The summed E-state index contributed by atoms with van der Waals surface area (Å²) in [6.07, 6.45) is -2.69. The van der Waals surface area contributed by atoms with Crippen LogP contribution in [-0.2, 0) is 0 Å². The van der Waals surface area contributed by atoms with E-state index in [1.807, 2.05) is 18.2 Å². The van der Waals surface area contributed by atoms with E-state index in [1.165, 1.54) is 4.90 Å². The maximum atomic E-state index is 12.4. The summed E-state index contributed by atoms with van der Waals surface area (Å²) in [7, 11) is 0. The number of nitrogens with zero attached hydrogens (tertiary/aromatic N) is 3. The minimum absolute atomic E-state index is 0.0732. The Bertz CT molecular complexity index is 605. The fraction of sp³-hybridized carbons (Fsp3) is 0.538. The average molecular weight is 363 g/mol. The molecule has 1 aliphatic heterocycles. The third-order valence-electron chi connectivity index (χ3n) is 3.64. The van der Waals surface area contributed by atoms with Gasteiger partial charge in [0.05, 0.1) is 0 Å². The van der Waals surface area contributed by atoms with Gasteiger partial charge in [0.25, 0.3) is 0 Å². The molecule has 2 aromatic rings. The van der Waals surface area contributed by atoms with E-state index in [0.717, 1.165) is 16.7 Å². The second-order valence-electron chi connectivity index (χ2n) is 5.25. The van der Waals surface area contributed by atoms with Crippen LogP contribution in [0.5, 0.6) is 0 Å². The third kappa shape index (κ3) is 3.75. The molecule has 0 saturated carbocycles. The van der Waals surface area contributed by atoms with Crippen molar-refractivity contribution in [1.29, 1.82) is 0 Å². The fourth-order valence-corrected chi connectivity index (χ4v) is 3.78. The first-order valence-corrected chi connectivity index (χ1v) is 8.31. The van der Waals surface area contributed by atoms with Crippen molar-refractivity contribution >= 4 is 31.7 Å². The van der Waals surface area contributed by atoms with Gasteiger partial charge in [0.1, 0.15) is 0 Å². The zero-order valence-corrected chi connectivity index (χ0v) is 12.9. The molecule has 0 unspecified atom stereocenters. The standard InChI is InChI=1S/C13H15F3N4Se/c14-13(15,16)8-20-6-4-9(5-7-20)17-10-2-1-3-11-12(10)19-21-18-11/h1-3,9,17H,4-8H2. The molecule has 1 N–H and O–H groups in total. The van der Waals surface area contributed by atoms with Crippen molar-refractivity contribution in [1.82, 2.24) is 12.9 Å². The Morgan fingerprint density at radius 3 is 2.71 bits per heavy atom. The molecular formula is C13H15F3N4Se. The Hall–Kier alpha value is -1.11. The SMILES string of the molecule is FC(F)(F)CN1CCC(Nc2cccc3n[se]nc23)CC1. The first kappa shape index (κ1) is 14.8. The molecule has 1 aliphatic rings. The number of halogens is 3. The Balaban J connectivity index is 1.59. The van der Waals surface area contributed by atoms with Crippen molar-refractivity contribution in [3.05, 3.63) is 18.2 Å². The van der Waals surface area contributed by atoms with Crippen LogP contribution >= 0.6 is 0 Å². The van der Waals surface area contributed by atoms with Gasteiger partial charge in [-0.05, 0) is 0 Å². The van der Waals surface area contributed by atoms with E-state index in [2.05, 4.69) is 13.3 Å². The van der Waals surface area contributed by atoms with Crippen molar-refractivity contribution in [2.24, 2.45) is 0 Å². The number of hydrogen-bond acceptors (Lipinski definition) is 4. The van der Waals surface area contributed by atoms with Gasteiger partial charge in [0.15, 0.2) is 0 Å². The second kappa shape index (κ2) is 5.94. The molecule has 0 amide bonds. The monoisotopic (exact) mass is 364 g/mol. The van der Waals surface area contributed by atoms with Crippen LogP contribution in [0.25, 0.3) is 11.0 Å². The van der Waals surface area contributed by atoms with Crippen LogP contribution in [0.3, 0.4) is 0 Å². The number of benzene rings is 1. The molecule has 0 radical (unpaired) electrons. The second-order valence-corrected chi connectivity index (χ2v) is 6.36. The number of anilines is 1. The minimum atomic E-state index is -4.11. The van der Waals surface area contributed by atoms with Gasteiger partial charge in [-0.3, -0.25) is 0 Å². The molecule has 1 aromatic carbocycles. The number of rotatable bonds is 3. The van der Waals surface area contributed by atoms with Gasteiger partial charge in [0, 0.05) is 0 Å². The zero-order valence-electron chi connectivity index (χ0n) is 11.2. The average Bonchev–Trinajstić information content (AvgIpc) is 2.89. The van der Waals surface area contributed by atoms with E-state index >= 15 is 0 Å². The molecule has 114 valence electrons. The van der Waals surface area contributed by atoms with Crippen molar-refractivity contribution in [3.8, 4) is 0 Å². The molecule has 4 nitrogen and oxygen atoms in total. The molecule has 8 heteroatoms. The van der Waals surface area contributed by atoms with Gasteiger partial charge in [-0.1, -0.05) is 0 Å². The van der Waals surface area contributed by atoms with Gasteiger partial charge in [-0.15, -0.1) is 0 Å². The topological polar surface area (TPSA) is 41.0 Å². The molecule has 0 spiro atoms. The Labute approximate surface area is 126 Å². The summed E-state index contributed by atoms with van der Waals surface area (Å²) in [6, 6.07) is 6.02. The molecule has 2 heterocycles. The summed E-state index contributed by atoms with van der Waals surface area (Å²) in [5.74, 6) is 0. The molecule has 0 bridgehead atoms. The molecule has 1 fully saturated rings. The number of piperidine rings is 1. The summed E-state index contributed by atoms with van der Waals surface area (Å²) in [6.45, 7) is 0.131. The van der Waals surface area contributed by atoms with E-state index in [9.17, 15) is 13.2 Å². The first-order chi connectivity index (χ1) is 10.0. The van der Waals surface area contributed by atoms with Crippen molar-refractivity contribution in [3.63, 3.8) is 0 Å². The molecule has 1 aromatic heterocycles. The van der Waals surface area contributed by atoms with Crippen LogP contribution in [0.15, 0.2) is 18.2 Å². The van der Waals surface area contributed by atoms with Crippen LogP contribution in [0.4, 0.5) is 18.9 Å². The molecule has 21 heavy (non-hydrogen) atoms. The van der Waals surface area contributed by atoms with E-state index < -0.39 is 12.7 Å². The number of nitrogens with one attached hydrogen (secondary N) is 1. The molecule has 0 aliphatic carbocycles. The Morgan fingerprint density at radius 2 is 2.00 bits per heavy atom. The third-order valence-corrected chi connectivity index (χ3v) is 4.77. The van der Waals surface area contributed by atoms with Crippen LogP contribution in [0.1, 0.15) is 12.8 Å². The summed E-state index contributed by atoms with van der Waals surface area (Å²) in [4.78, 5) is 1.47. The van der Waals surface area contributed by atoms with Gasteiger partial charge < -0.3 is 0 Å². The zero-order chi connectivity index (χ0) is 14.9. The van der Waals surface area contributed by atoms with E-state index in [1.54, 1.807) is 0 Å². The van der Waals surface area contributed by atoms with Gasteiger partial charge in [-0.25, -0.2) is 0 Å². The van der Waals surface area contributed by atoms with E-state index in [4.69, 9.17) is 0 Å². The number of aromatic nitrogens is 2. The van der Waals surface area contributed by atoms with Crippen molar-refractivity contribution in [2.75, 3.05) is 25.0 Å². The normalized spacial score (nSPS) is 18.2. The molecular weight excluding hydrogens is 348 g/mol. The summed E-state index contributed by atoms with van der Waals surface area (Å²) in [5.41, 5.74) is 2.76. The van der Waals surface area contributed by atoms with Crippen LogP contribution < -0.4 is 5.32 Å². The van der Waals surface area contributed by atoms with Crippen molar-refractivity contribution in [2.45, 2.75) is 25.1 Å². The molecule has 3 rings (SSSR count). The number of likely N-dealkylation sites (tertiary alicyclic amines) is 1. The molecule has 0 atom stereocenters. The van der Waals surface area contributed by atoms with E-state index in [-0.39, 0.29) is 21.0 Å². The van der Waals surface area contributed by atoms with Crippen LogP contribution in [-0.4, -0.2) is 59.7 Å². The predicted molar refractivity (Wildman–Crippen MR) is 75.6 cm³/mol. The Morgan fingerprint density at radius 1 is 1.24 bits per heavy atom. The predicted octanol–water partition coefficient (Wildman–Crippen LogP) is 2.13. The van der Waals surface area contributed by atoms with Gasteiger partial charge in [0.2, 0.25) is 0 Å². The summed E-state index contributed by atoms with van der Waals surface area (Å²) in [5, 5.41) is 3.41. The maximum absolute atomic E-state index is 12.4. The van der Waals surface area contributed by atoms with Gasteiger partial charge in [-0.2, -0.15) is 0 Å². The van der Waals surface area contributed by atoms with Crippen LogP contribution in [0.2, 0.25) is 0 Å². The Kier molecular flexibility index (Phi) is 4.19. The number of fused-ring (bicyclic) bond motifs is 1. The number of hydrogen-bond donors (Lipinski definition) is 1. The fourth-order valence-electron chi connectivity index (χ4n) is 2.63. The molecule has 1 saturated heterocycles. The summed E-state index contributed by atoms with van der Waals surface area (Å²) >= 11 is -0.0732. The summed E-state index contributed by atoms with van der Waals surface area (Å²) < 4.78 is 45.8. The number of alkyl halides is 3. The van der Waals surface area contributed by atoms with Crippen LogP contribution in [0, 0.1) is 0 Å². The van der Waals surface area contributed by atoms with Crippen molar-refractivity contribution < 1.29 is 13.2 Å².